The fraction of sp³-hybridized carbons (Fsp3) is 0.429. The molecule has 0 saturated carbocycles. The molecular weight excluding hydrogens is 296 g/mol. The summed E-state index contributed by atoms with van der Waals surface area (Å²) in [7, 11) is 2.79. The highest BCUT2D eigenvalue weighted by atomic mass is 35.5. The van der Waals surface area contributed by atoms with Gasteiger partial charge >= 0.3 is 5.97 Å². The van der Waals surface area contributed by atoms with Crippen LogP contribution in [0.15, 0.2) is 12.1 Å². The monoisotopic (exact) mass is 316 g/mol. The van der Waals surface area contributed by atoms with Crippen molar-refractivity contribution in [2.24, 2.45) is 5.73 Å². The number of esters is 1. The third-order valence-electron chi connectivity index (χ3n) is 3.02. The number of halogens is 1. The van der Waals surface area contributed by atoms with E-state index in [0.29, 0.717) is 11.3 Å². The fourth-order valence-electron chi connectivity index (χ4n) is 1.74. The van der Waals surface area contributed by atoms with E-state index in [1.54, 1.807) is 12.1 Å². The molecule has 0 bridgehead atoms. The van der Waals surface area contributed by atoms with Gasteiger partial charge in [0, 0.05) is 12.8 Å². The molecule has 0 aliphatic rings. The van der Waals surface area contributed by atoms with Crippen LogP contribution in [0.1, 0.15) is 21.5 Å². The minimum Gasteiger partial charge on any atom is -0.465 e. The lowest BCUT2D eigenvalue weighted by molar-refractivity contribution is -0.118. The van der Waals surface area contributed by atoms with Crippen molar-refractivity contribution >= 4 is 30.0 Å². The van der Waals surface area contributed by atoms with Gasteiger partial charge in [-0.15, -0.1) is 12.4 Å². The molecule has 0 aliphatic heterocycles. The van der Waals surface area contributed by atoms with Crippen LogP contribution in [0.5, 0.6) is 0 Å². The number of nitrogens with one attached hydrogen (secondary N) is 1. The van der Waals surface area contributed by atoms with Crippen LogP contribution in [-0.4, -0.2) is 38.7 Å². The summed E-state index contributed by atoms with van der Waals surface area (Å²) in [5.41, 5.74) is 8.26. The van der Waals surface area contributed by atoms with E-state index >= 15 is 0 Å². The molecule has 0 radical (unpaired) electrons. The first-order valence-electron chi connectivity index (χ1n) is 6.15. The van der Waals surface area contributed by atoms with E-state index < -0.39 is 12.0 Å². The maximum atomic E-state index is 11.8. The average molecular weight is 317 g/mol. The maximum Gasteiger partial charge on any atom is 0.338 e. The zero-order valence-corrected chi connectivity index (χ0v) is 13.4. The number of amides is 1. The number of benzene rings is 1. The van der Waals surface area contributed by atoms with Gasteiger partial charge in [-0.25, -0.2) is 4.79 Å². The largest absolute Gasteiger partial charge is 0.465 e. The van der Waals surface area contributed by atoms with Crippen molar-refractivity contribution in [1.82, 2.24) is 0 Å². The van der Waals surface area contributed by atoms with E-state index in [-0.39, 0.29) is 24.9 Å². The van der Waals surface area contributed by atoms with E-state index in [1.807, 2.05) is 13.8 Å². The lowest BCUT2D eigenvalue weighted by Gasteiger charge is -2.14. The second-order valence-electron chi connectivity index (χ2n) is 4.51. The lowest BCUT2D eigenvalue weighted by atomic mass is 10.0. The minimum atomic E-state index is -0.761. The second kappa shape index (κ2) is 8.61. The molecule has 1 aromatic carbocycles. The van der Waals surface area contributed by atoms with Gasteiger partial charge in [0.2, 0.25) is 5.91 Å². The summed E-state index contributed by atoms with van der Waals surface area (Å²) in [4.78, 5) is 23.5. The summed E-state index contributed by atoms with van der Waals surface area (Å²) < 4.78 is 9.55. The van der Waals surface area contributed by atoms with Gasteiger partial charge in [-0.3, -0.25) is 4.79 Å². The zero-order chi connectivity index (χ0) is 15.3. The molecule has 21 heavy (non-hydrogen) atoms. The molecule has 7 heteroatoms. The number of rotatable bonds is 5. The van der Waals surface area contributed by atoms with Crippen molar-refractivity contribution in [1.29, 1.82) is 0 Å². The van der Waals surface area contributed by atoms with Gasteiger partial charge in [0.25, 0.3) is 0 Å². The summed E-state index contributed by atoms with van der Waals surface area (Å²) >= 11 is 0. The Morgan fingerprint density at radius 3 is 2.43 bits per heavy atom. The van der Waals surface area contributed by atoms with Gasteiger partial charge in [-0.05, 0) is 37.1 Å². The Balaban J connectivity index is 0.00000400. The molecule has 0 aromatic heterocycles. The number of hydrogen-bond donors (Lipinski definition) is 2. The molecular formula is C14H21ClN2O4. The number of aryl methyl sites for hydroxylation is 1. The van der Waals surface area contributed by atoms with Gasteiger partial charge in [0.05, 0.1) is 19.3 Å². The van der Waals surface area contributed by atoms with Crippen molar-refractivity contribution in [3.05, 3.63) is 28.8 Å². The van der Waals surface area contributed by atoms with Crippen molar-refractivity contribution < 1.29 is 19.1 Å². The molecule has 118 valence electrons. The number of carbonyl (C=O) groups excluding carboxylic acids is 2. The summed E-state index contributed by atoms with van der Waals surface area (Å²) in [5, 5.41) is 2.66. The van der Waals surface area contributed by atoms with Crippen molar-refractivity contribution in [3.8, 4) is 0 Å². The molecule has 0 aliphatic carbocycles. The Labute approximate surface area is 130 Å². The van der Waals surface area contributed by atoms with E-state index in [1.165, 1.54) is 14.2 Å². The highest BCUT2D eigenvalue weighted by Crippen LogP contribution is 2.20. The molecule has 1 amide bonds. The van der Waals surface area contributed by atoms with Gasteiger partial charge in [0.1, 0.15) is 6.04 Å². The highest BCUT2D eigenvalue weighted by Gasteiger charge is 2.16. The van der Waals surface area contributed by atoms with Crippen LogP contribution in [-0.2, 0) is 14.3 Å². The Kier molecular flexibility index (Phi) is 7.94. The lowest BCUT2D eigenvalue weighted by Crippen LogP contribution is -2.39. The number of carbonyl (C=O) groups is 2. The maximum absolute atomic E-state index is 11.8. The van der Waals surface area contributed by atoms with Crippen LogP contribution >= 0.6 is 12.4 Å². The quantitative estimate of drug-likeness (QED) is 0.802. The van der Waals surface area contributed by atoms with Crippen molar-refractivity contribution in [2.75, 3.05) is 26.1 Å². The van der Waals surface area contributed by atoms with Gasteiger partial charge in [0.15, 0.2) is 0 Å². The number of hydrogen-bond acceptors (Lipinski definition) is 5. The number of anilines is 1. The summed E-state index contributed by atoms with van der Waals surface area (Å²) in [5.74, 6) is -0.811. The molecule has 6 nitrogen and oxygen atoms in total. The first kappa shape index (κ1) is 19.4. The van der Waals surface area contributed by atoms with E-state index in [4.69, 9.17) is 15.2 Å². The van der Waals surface area contributed by atoms with Crippen molar-refractivity contribution in [3.63, 3.8) is 0 Å². The standard InChI is InChI=1S/C14H20N2O4.ClH/c1-8-5-10(16-13(17)12(15)7-19-3)6-11(9(8)2)14(18)20-4;/h5-6,12H,7,15H2,1-4H3,(H,16,17);1H. The van der Waals surface area contributed by atoms with Crippen LogP contribution in [0.25, 0.3) is 0 Å². The van der Waals surface area contributed by atoms with E-state index in [0.717, 1.165) is 11.1 Å². The molecule has 0 spiro atoms. The molecule has 1 atom stereocenters. The van der Waals surface area contributed by atoms with Crippen LogP contribution in [0, 0.1) is 13.8 Å². The fourth-order valence-corrected chi connectivity index (χ4v) is 1.74. The zero-order valence-electron chi connectivity index (χ0n) is 12.6. The topological polar surface area (TPSA) is 90.6 Å². The molecule has 0 fully saturated rings. The SMILES string of the molecule is COCC(N)C(=O)Nc1cc(C)c(C)c(C(=O)OC)c1.Cl. The molecule has 3 N–H and O–H groups in total. The van der Waals surface area contributed by atoms with Crippen LogP contribution in [0.4, 0.5) is 5.69 Å². The molecule has 1 aromatic rings. The highest BCUT2D eigenvalue weighted by molar-refractivity contribution is 5.97. The summed E-state index contributed by atoms with van der Waals surface area (Å²) in [6.45, 7) is 3.80. The predicted octanol–water partition coefficient (Wildman–Crippen LogP) is 1.42. The average Bonchev–Trinajstić information content (AvgIpc) is 2.41. The van der Waals surface area contributed by atoms with Crippen LogP contribution in [0.3, 0.4) is 0 Å². The molecule has 0 saturated heterocycles. The third-order valence-corrected chi connectivity index (χ3v) is 3.02. The first-order valence-corrected chi connectivity index (χ1v) is 6.15. The van der Waals surface area contributed by atoms with E-state index in [9.17, 15) is 9.59 Å². The van der Waals surface area contributed by atoms with Gasteiger partial charge in [-0.1, -0.05) is 0 Å². The smallest absolute Gasteiger partial charge is 0.338 e. The van der Waals surface area contributed by atoms with Crippen molar-refractivity contribution in [2.45, 2.75) is 19.9 Å². The molecule has 0 heterocycles. The summed E-state index contributed by atoms with van der Waals surface area (Å²) in [6, 6.07) is 2.59. The minimum absolute atomic E-state index is 0. The Bertz CT molecular complexity index is 520. The van der Waals surface area contributed by atoms with Gasteiger partial charge < -0.3 is 20.5 Å². The number of ether oxygens (including phenoxy) is 2. The second-order valence-corrected chi connectivity index (χ2v) is 4.51. The summed E-state index contributed by atoms with van der Waals surface area (Å²) in [6.07, 6.45) is 0. The molecule has 1 rings (SSSR count). The Morgan fingerprint density at radius 2 is 1.90 bits per heavy atom. The third kappa shape index (κ3) is 5.00. The van der Waals surface area contributed by atoms with E-state index in [2.05, 4.69) is 5.32 Å². The Morgan fingerprint density at radius 1 is 1.29 bits per heavy atom. The first-order chi connectivity index (χ1) is 9.40. The normalized spacial score (nSPS) is 11.3. The predicted molar refractivity (Wildman–Crippen MR) is 83.0 cm³/mol. The number of methoxy groups -OCH3 is 2. The number of nitrogens with two attached hydrogens (primary N) is 1. The van der Waals surface area contributed by atoms with Crippen LogP contribution in [0.2, 0.25) is 0 Å². The molecule has 1 unspecified atom stereocenters. The Hall–Kier alpha value is -1.63. The van der Waals surface area contributed by atoms with Gasteiger partial charge in [-0.2, -0.15) is 0 Å². The van der Waals surface area contributed by atoms with Crippen LogP contribution < -0.4 is 11.1 Å².